The van der Waals surface area contributed by atoms with Crippen molar-refractivity contribution in [2.24, 2.45) is 0 Å². The Morgan fingerprint density at radius 1 is 1.17 bits per heavy atom. The average molecular weight is 164 g/mol. The Labute approximate surface area is 76.7 Å². The van der Waals surface area contributed by atoms with Gasteiger partial charge in [-0.1, -0.05) is 43.6 Å². The van der Waals surface area contributed by atoms with Gasteiger partial charge < -0.3 is 0 Å². The third-order valence-corrected chi connectivity index (χ3v) is 1.80. The van der Waals surface area contributed by atoms with Gasteiger partial charge in [-0.25, -0.2) is 0 Å². The fourth-order valence-corrected chi connectivity index (χ4v) is 1.13. The molecule has 0 heteroatoms. The van der Waals surface area contributed by atoms with Gasteiger partial charge in [0.1, 0.15) is 0 Å². The zero-order valence-electron chi connectivity index (χ0n) is 8.18. The van der Waals surface area contributed by atoms with Crippen LogP contribution >= 0.6 is 0 Å². The second-order valence-corrected chi connectivity index (χ2v) is 2.99. The molecule has 0 heterocycles. The van der Waals surface area contributed by atoms with Crippen LogP contribution in [0.4, 0.5) is 0 Å². The summed E-state index contributed by atoms with van der Waals surface area (Å²) < 4.78 is 0. The topological polar surface area (TPSA) is 0 Å². The molecule has 0 aromatic carbocycles. The summed E-state index contributed by atoms with van der Waals surface area (Å²) in [7, 11) is 0. The van der Waals surface area contributed by atoms with Crippen LogP contribution < -0.4 is 0 Å². The zero-order valence-corrected chi connectivity index (χ0v) is 8.18. The van der Waals surface area contributed by atoms with Gasteiger partial charge in [0.15, 0.2) is 0 Å². The van der Waals surface area contributed by atoms with Crippen molar-refractivity contribution in [1.82, 2.24) is 0 Å². The first kappa shape index (κ1) is 11.2. The van der Waals surface area contributed by atoms with Crippen molar-refractivity contribution in [3.8, 4) is 0 Å². The molecule has 0 saturated heterocycles. The Bertz CT molecular complexity index is 139. The van der Waals surface area contributed by atoms with Crippen LogP contribution in [0.15, 0.2) is 37.0 Å². The third kappa shape index (κ3) is 5.96. The van der Waals surface area contributed by atoms with E-state index in [4.69, 9.17) is 0 Å². The Morgan fingerprint density at radius 3 is 2.17 bits per heavy atom. The first-order chi connectivity index (χ1) is 5.85. The lowest BCUT2D eigenvalue weighted by Crippen LogP contribution is -1.79. The monoisotopic (exact) mass is 164 g/mol. The molecular formula is C12H20. The van der Waals surface area contributed by atoms with Gasteiger partial charge in [0.05, 0.1) is 0 Å². The zero-order chi connectivity index (χ0) is 9.23. The van der Waals surface area contributed by atoms with E-state index in [9.17, 15) is 0 Å². The van der Waals surface area contributed by atoms with Crippen LogP contribution in [0.2, 0.25) is 0 Å². The van der Waals surface area contributed by atoms with Gasteiger partial charge >= 0.3 is 0 Å². The lowest BCUT2D eigenvalue weighted by atomic mass is 10.1. The van der Waals surface area contributed by atoms with Crippen LogP contribution in [0.3, 0.4) is 0 Å². The van der Waals surface area contributed by atoms with E-state index in [0.29, 0.717) is 0 Å². The molecule has 0 spiro atoms. The minimum Gasteiger partial charge on any atom is -0.103 e. The molecule has 0 aromatic heterocycles. The van der Waals surface area contributed by atoms with Crippen LogP contribution in [-0.2, 0) is 0 Å². The first-order valence-electron chi connectivity index (χ1n) is 4.74. The normalized spacial score (nSPS) is 9.08. The van der Waals surface area contributed by atoms with Crippen molar-refractivity contribution in [3.63, 3.8) is 0 Å². The van der Waals surface area contributed by atoms with Crippen molar-refractivity contribution in [2.45, 2.75) is 39.0 Å². The average Bonchev–Trinajstić information content (AvgIpc) is 2.06. The van der Waals surface area contributed by atoms with Crippen LogP contribution in [0.25, 0.3) is 0 Å². The number of hydrogen-bond donors (Lipinski definition) is 0. The van der Waals surface area contributed by atoms with E-state index in [1.807, 2.05) is 12.2 Å². The molecule has 0 aliphatic rings. The molecule has 0 rings (SSSR count). The van der Waals surface area contributed by atoms with Crippen LogP contribution in [-0.4, -0.2) is 0 Å². The number of allylic oxidation sites excluding steroid dienone is 4. The fourth-order valence-electron chi connectivity index (χ4n) is 1.13. The molecule has 0 aliphatic carbocycles. The summed E-state index contributed by atoms with van der Waals surface area (Å²) in [5.41, 5.74) is 1.45. The summed E-state index contributed by atoms with van der Waals surface area (Å²) in [6.45, 7) is 9.69. The molecule has 0 aromatic rings. The number of unbranched alkanes of at least 4 members (excludes halogenated alkanes) is 2. The summed E-state index contributed by atoms with van der Waals surface area (Å²) in [4.78, 5) is 0. The Kier molecular flexibility index (Phi) is 7.78. The summed E-state index contributed by atoms with van der Waals surface area (Å²) in [6.07, 6.45) is 12.0. The molecule has 0 nitrogen and oxygen atoms in total. The summed E-state index contributed by atoms with van der Waals surface area (Å²) in [6, 6.07) is 0. The van der Waals surface area contributed by atoms with Crippen molar-refractivity contribution in [3.05, 3.63) is 37.0 Å². The molecule has 0 atom stereocenters. The maximum Gasteiger partial charge on any atom is -0.0138 e. The summed E-state index contributed by atoms with van der Waals surface area (Å²) >= 11 is 0. The van der Waals surface area contributed by atoms with Gasteiger partial charge in [0.2, 0.25) is 0 Å². The van der Waals surface area contributed by atoms with Gasteiger partial charge in [-0.2, -0.15) is 0 Å². The smallest absolute Gasteiger partial charge is 0.0138 e. The van der Waals surface area contributed by atoms with Gasteiger partial charge in [-0.3, -0.25) is 0 Å². The van der Waals surface area contributed by atoms with Gasteiger partial charge in [-0.15, -0.1) is 13.2 Å². The highest BCUT2D eigenvalue weighted by Crippen LogP contribution is 2.10. The van der Waals surface area contributed by atoms with E-state index in [1.54, 1.807) is 0 Å². The molecule has 0 bridgehead atoms. The molecule has 0 amide bonds. The van der Waals surface area contributed by atoms with E-state index in [2.05, 4.69) is 26.2 Å². The first-order valence-corrected chi connectivity index (χ1v) is 4.74. The molecule has 12 heavy (non-hydrogen) atoms. The van der Waals surface area contributed by atoms with Crippen LogP contribution in [0, 0.1) is 0 Å². The second-order valence-electron chi connectivity index (χ2n) is 2.99. The van der Waals surface area contributed by atoms with Gasteiger partial charge in [-0.05, 0) is 19.3 Å². The Morgan fingerprint density at radius 2 is 1.75 bits per heavy atom. The highest BCUT2D eigenvalue weighted by Gasteiger charge is 1.90. The predicted molar refractivity (Wildman–Crippen MR) is 57.2 cm³/mol. The predicted octanol–water partition coefficient (Wildman–Crippen LogP) is 4.26. The summed E-state index contributed by atoms with van der Waals surface area (Å²) in [5.74, 6) is 0. The molecule has 0 fully saturated rings. The van der Waals surface area contributed by atoms with Crippen molar-refractivity contribution in [2.75, 3.05) is 0 Å². The molecule has 68 valence electrons. The molecular weight excluding hydrogens is 144 g/mol. The van der Waals surface area contributed by atoms with E-state index in [-0.39, 0.29) is 0 Å². The largest absolute Gasteiger partial charge is 0.103 e. The van der Waals surface area contributed by atoms with Gasteiger partial charge in [0, 0.05) is 0 Å². The highest BCUT2D eigenvalue weighted by molar-refractivity contribution is 5.09. The van der Waals surface area contributed by atoms with E-state index >= 15 is 0 Å². The number of hydrogen-bond acceptors (Lipinski definition) is 0. The van der Waals surface area contributed by atoms with Crippen molar-refractivity contribution >= 4 is 0 Å². The van der Waals surface area contributed by atoms with E-state index in [1.165, 1.54) is 24.8 Å². The van der Waals surface area contributed by atoms with Crippen LogP contribution in [0.5, 0.6) is 0 Å². The summed E-state index contributed by atoms with van der Waals surface area (Å²) in [5, 5.41) is 0. The quantitative estimate of drug-likeness (QED) is 0.389. The molecule has 0 saturated carbocycles. The molecule has 0 aliphatic heterocycles. The highest BCUT2D eigenvalue weighted by atomic mass is 14.0. The molecule has 0 unspecified atom stereocenters. The van der Waals surface area contributed by atoms with E-state index < -0.39 is 0 Å². The third-order valence-electron chi connectivity index (χ3n) is 1.80. The Hall–Kier alpha value is -0.780. The van der Waals surface area contributed by atoms with Crippen LogP contribution in [0.1, 0.15) is 39.0 Å². The van der Waals surface area contributed by atoms with E-state index in [0.717, 1.165) is 12.8 Å². The molecule has 0 radical (unpaired) electrons. The standard InChI is InChI=1S/C12H20/c1-4-7-8-11-12(9-5-2)10-6-3/h5-6,11H,2-4,7-10H2,1H3. The minimum atomic E-state index is 1.01. The van der Waals surface area contributed by atoms with Crippen molar-refractivity contribution < 1.29 is 0 Å². The Balaban J connectivity index is 3.79. The minimum absolute atomic E-state index is 1.01. The van der Waals surface area contributed by atoms with Crippen molar-refractivity contribution in [1.29, 1.82) is 0 Å². The lowest BCUT2D eigenvalue weighted by molar-refractivity contribution is 0.807. The number of rotatable bonds is 7. The lowest BCUT2D eigenvalue weighted by Gasteiger charge is -2.00. The fraction of sp³-hybridized carbons (Fsp3) is 0.500. The SMILES string of the molecule is C=CCC(=CCCCC)CC=C. The maximum atomic E-state index is 3.74. The van der Waals surface area contributed by atoms with Gasteiger partial charge in [0.25, 0.3) is 0 Å². The molecule has 0 N–H and O–H groups in total. The maximum absolute atomic E-state index is 3.74. The second kappa shape index (κ2) is 8.32.